The van der Waals surface area contributed by atoms with Crippen molar-refractivity contribution in [2.24, 2.45) is 0 Å². The van der Waals surface area contributed by atoms with Gasteiger partial charge in [-0.05, 0) is 42.7 Å². The van der Waals surface area contributed by atoms with E-state index in [1.165, 1.54) is 0 Å². The molecule has 0 spiro atoms. The van der Waals surface area contributed by atoms with Crippen molar-refractivity contribution in [3.63, 3.8) is 0 Å². The maximum Gasteiger partial charge on any atom is 0.416 e. The molecule has 28 heavy (non-hydrogen) atoms. The van der Waals surface area contributed by atoms with Crippen molar-refractivity contribution >= 4 is 11.8 Å². The quantitative estimate of drug-likeness (QED) is 0.609. The molecule has 0 saturated carbocycles. The van der Waals surface area contributed by atoms with Crippen molar-refractivity contribution in [2.45, 2.75) is 39.7 Å². The Morgan fingerprint density at radius 1 is 1.14 bits per heavy atom. The van der Waals surface area contributed by atoms with Gasteiger partial charge in [0.05, 0.1) is 11.3 Å². The van der Waals surface area contributed by atoms with Crippen molar-refractivity contribution < 1.29 is 36.2 Å². The second-order valence-electron chi connectivity index (χ2n) is 5.90. The van der Waals surface area contributed by atoms with Gasteiger partial charge in [0.2, 0.25) is 0 Å². The monoisotopic (exact) mass is 403 g/mol. The molecule has 0 aliphatic heterocycles. The van der Waals surface area contributed by atoms with Crippen molar-refractivity contribution in [2.75, 3.05) is 5.32 Å². The highest BCUT2D eigenvalue weighted by atomic mass is 19.4. The predicted molar refractivity (Wildman–Crippen MR) is 92.4 cm³/mol. The van der Waals surface area contributed by atoms with Crippen LogP contribution in [0.25, 0.3) is 0 Å². The Bertz CT molecular complexity index is 837. The third kappa shape index (κ3) is 5.83. The lowest BCUT2D eigenvalue weighted by molar-refractivity contribution is -0.137. The van der Waals surface area contributed by atoms with Gasteiger partial charge in [-0.25, -0.2) is 4.79 Å². The van der Waals surface area contributed by atoms with Gasteiger partial charge in [-0.3, -0.25) is 5.32 Å². The molecule has 0 radical (unpaired) electrons. The molecule has 2 aromatic carbocycles. The van der Waals surface area contributed by atoms with Crippen molar-refractivity contribution in [1.82, 2.24) is 0 Å². The summed E-state index contributed by atoms with van der Waals surface area (Å²) >= 11 is 0. The van der Waals surface area contributed by atoms with Crippen molar-refractivity contribution in [3.8, 4) is 5.75 Å². The van der Waals surface area contributed by atoms with Gasteiger partial charge in [-0.2, -0.15) is 22.0 Å². The van der Waals surface area contributed by atoms with Crippen LogP contribution in [0.2, 0.25) is 0 Å². The molecule has 0 unspecified atom stereocenters. The van der Waals surface area contributed by atoms with E-state index in [4.69, 9.17) is 4.74 Å². The molecule has 0 aliphatic carbocycles. The minimum absolute atomic E-state index is 0.165. The van der Waals surface area contributed by atoms with E-state index in [1.54, 1.807) is 6.07 Å². The van der Waals surface area contributed by atoms with Crippen LogP contribution in [0.15, 0.2) is 36.4 Å². The summed E-state index contributed by atoms with van der Waals surface area (Å²) in [5.74, 6) is 0.512. The van der Waals surface area contributed by atoms with Gasteiger partial charge in [0, 0.05) is 5.56 Å². The fourth-order valence-electron chi connectivity index (χ4n) is 2.46. The number of carbonyl (C=O) groups is 1. The average molecular weight is 403 g/mol. The Balaban J connectivity index is 2.25. The van der Waals surface area contributed by atoms with Crippen LogP contribution < -0.4 is 10.1 Å². The molecule has 0 heterocycles. The number of amides is 1. The lowest BCUT2D eigenvalue weighted by Crippen LogP contribution is -2.19. The predicted octanol–water partition coefficient (Wildman–Crippen LogP) is 5.93. The van der Waals surface area contributed by atoms with Gasteiger partial charge < -0.3 is 9.47 Å². The fourth-order valence-corrected chi connectivity index (χ4v) is 2.46. The van der Waals surface area contributed by atoms with Gasteiger partial charge >= 0.3 is 18.9 Å². The largest absolute Gasteiger partial charge is 0.489 e. The van der Waals surface area contributed by atoms with Crippen molar-refractivity contribution in [1.29, 1.82) is 0 Å². The summed E-state index contributed by atoms with van der Waals surface area (Å²) < 4.78 is 72.3. The Hall–Kier alpha value is -2.84. The molecule has 0 aliphatic rings. The van der Waals surface area contributed by atoms with Crippen LogP contribution in [-0.2, 0) is 23.9 Å². The maximum atomic E-state index is 12.9. The number of nitrogens with one attached hydrogen (secondary N) is 1. The standard InChI is InChI=1S/C19H18F5NO3/c1-3-12-4-7-16(11(2)8-12)27-10-13-5-6-14(19(22,23)24)9-15(13)25-18(26)28-17(20)21/h4-9,17H,3,10H2,1-2H3,(H,25,26). The molecule has 152 valence electrons. The number of anilines is 1. The Kier molecular flexibility index (Phi) is 6.82. The first-order valence-corrected chi connectivity index (χ1v) is 8.28. The number of hydrogen-bond donors (Lipinski definition) is 1. The molecular formula is C19H18F5NO3. The highest BCUT2D eigenvalue weighted by Gasteiger charge is 2.31. The first kappa shape index (κ1) is 21.5. The van der Waals surface area contributed by atoms with Crippen LogP contribution >= 0.6 is 0 Å². The van der Waals surface area contributed by atoms with Crippen LogP contribution in [0.3, 0.4) is 0 Å². The number of benzene rings is 2. The molecule has 9 heteroatoms. The van der Waals surface area contributed by atoms with Crippen molar-refractivity contribution in [3.05, 3.63) is 58.7 Å². The normalized spacial score (nSPS) is 11.4. The first-order chi connectivity index (χ1) is 13.1. The second kappa shape index (κ2) is 8.90. The summed E-state index contributed by atoms with van der Waals surface area (Å²) in [6.07, 6.45) is -5.41. The zero-order valence-corrected chi connectivity index (χ0v) is 15.1. The van der Waals surface area contributed by atoms with E-state index in [-0.39, 0.29) is 17.9 Å². The highest BCUT2D eigenvalue weighted by Crippen LogP contribution is 2.33. The van der Waals surface area contributed by atoms with E-state index < -0.39 is 24.4 Å². The molecule has 1 amide bonds. The fraction of sp³-hybridized carbons (Fsp3) is 0.316. The van der Waals surface area contributed by atoms with Gasteiger partial charge in [0.1, 0.15) is 12.4 Å². The Morgan fingerprint density at radius 2 is 1.86 bits per heavy atom. The molecule has 1 N–H and O–H groups in total. The smallest absolute Gasteiger partial charge is 0.416 e. The lowest BCUT2D eigenvalue weighted by atomic mass is 10.1. The summed E-state index contributed by atoms with van der Waals surface area (Å²) in [4.78, 5) is 11.4. The van der Waals surface area contributed by atoms with E-state index in [0.29, 0.717) is 11.8 Å². The van der Waals surface area contributed by atoms with E-state index in [1.807, 2.05) is 31.3 Å². The number of carbonyl (C=O) groups excluding carboxylic acids is 1. The van der Waals surface area contributed by atoms with Gasteiger partial charge in [0.15, 0.2) is 0 Å². The average Bonchev–Trinajstić information content (AvgIpc) is 2.59. The lowest BCUT2D eigenvalue weighted by Gasteiger charge is -2.16. The molecule has 0 fully saturated rings. The number of aryl methyl sites for hydroxylation is 2. The first-order valence-electron chi connectivity index (χ1n) is 8.28. The number of rotatable bonds is 6. The molecule has 4 nitrogen and oxygen atoms in total. The number of ether oxygens (including phenoxy) is 2. The van der Waals surface area contributed by atoms with Crippen LogP contribution in [0.5, 0.6) is 5.75 Å². The van der Waals surface area contributed by atoms with E-state index in [2.05, 4.69) is 4.74 Å². The number of halogens is 5. The van der Waals surface area contributed by atoms with Crippen LogP contribution in [0.4, 0.5) is 32.4 Å². The number of alkyl halides is 5. The third-order valence-electron chi connectivity index (χ3n) is 3.90. The molecule has 0 bridgehead atoms. The summed E-state index contributed by atoms with van der Waals surface area (Å²) in [5.41, 5.74) is 0.711. The molecule has 0 aromatic heterocycles. The highest BCUT2D eigenvalue weighted by molar-refractivity contribution is 5.85. The maximum absolute atomic E-state index is 12.9. The van der Waals surface area contributed by atoms with Gasteiger partial charge in [-0.1, -0.05) is 25.1 Å². The van der Waals surface area contributed by atoms with E-state index in [0.717, 1.165) is 29.7 Å². The summed E-state index contributed by atoms with van der Waals surface area (Å²) in [5, 5.41) is 1.90. The second-order valence-corrected chi connectivity index (χ2v) is 5.90. The Labute approximate surface area is 158 Å². The minimum Gasteiger partial charge on any atom is -0.489 e. The van der Waals surface area contributed by atoms with E-state index in [9.17, 15) is 26.7 Å². The van der Waals surface area contributed by atoms with Crippen LogP contribution in [0, 0.1) is 6.92 Å². The van der Waals surface area contributed by atoms with E-state index >= 15 is 0 Å². The molecule has 0 saturated heterocycles. The summed E-state index contributed by atoms with van der Waals surface area (Å²) in [7, 11) is 0. The third-order valence-corrected chi connectivity index (χ3v) is 3.90. The molecule has 2 aromatic rings. The molecule has 2 rings (SSSR count). The van der Waals surface area contributed by atoms with Crippen LogP contribution in [-0.4, -0.2) is 12.7 Å². The Morgan fingerprint density at radius 3 is 2.43 bits per heavy atom. The van der Waals surface area contributed by atoms with Gasteiger partial charge in [0.25, 0.3) is 0 Å². The van der Waals surface area contributed by atoms with Gasteiger partial charge in [-0.15, -0.1) is 0 Å². The zero-order valence-electron chi connectivity index (χ0n) is 15.1. The topological polar surface area (TPSA) is 47.6 Å². The number of hydrogen-bond acceptors (Lipinski definition) is 3. The zero-order chi connectivity index (χ0) is 20.9. The molecule has 0 atom stereocenters. The van der Waals surface area contributed by atoms with Crippen LogP contribution in [0.1, 0.15) is 29.2 Å². The SMILES string of the molecule is CCc1ccc(OCc2ccc(C(F)(F)F)cc2NC(=O)OC(F)F)c(C)c1. The summed E-state index contributed by atoms with van der Waals surface area (Å²) in [6, 6.07) is 8.07. The molecular weight excluding hydrogens is 385 g/mol. The summed E-state index contributed by atoms with van der Waals surface area (Å²) in [6.45, 7) is 0.230. The minimum atomic E-state index is -4.67.